The summed E-state index contributed by atoms with van der Waals surface area (Å²) in [6.07, 6.45) is 6.19. The van der Waals surface area contributed by atoms with Crippen molar-refractivity contribution in [3.05, 3.63) is 29.8 Å². The van der Waals surface area contributed by atoms with E-state index in [0.717, 1.165) is 32.0 Å². The molecule has 1 aliphatic heterocycles. The standard InChI is InChI=1S/C24H41N5O2/c1-4-26-24(28-17-22(19(2)3)29-15-7-5-6-8-16-29)27-14-13-20-9-11-21(12-10-20)31-18-23(25)30/h9-12,19,22H,4-8,13-18H2,1-3H3,(H2,25,30)(H2,26,27,28). The number of primary amides is 1. The van der Waals surface area contributed by atoms with Crippen LogP contribution in [0, 0.1) is 5.92 Å². The summed E-state index contributed by atoms with van der Waals surface area (Å²) in [5.74, 6) is 1.64. The largest absolute Gasteiger partial charge is 0.484 e. The fourth-order valence-corrected chi connectivity index (χ4v) is 3.93. The summed E-state index contributed by atoms with van der Waals surface area (Å²) in [7, 11) is 0. The zero-order valence-electron chi connectivity index (χ0n) is 19.5. The summed E-state index contributed by atoms with van der Waals surface area (Å²) in [4.78, 5) is 18.4. The summed E-state index contributed by atoms with van der Waals surface area (Å²) in [6.45, 7) is 11.5. The highest BCUT2D eigenvalue weighted by Gasteiger charge is 2.22. The topological polar surface area (TPSA) is 92.0 Å². The first-order chi connectivity index (χ1) is 15.0. The van der Waals surface area contributed by atoms with Gasteiger partial charge in [-0.05, 0) is 62.9 Å². The van der Waals surface area contributed by atoms with Crippen LogP contribution in [-0.2, 0) is 11.2 Å². The van der Waals surface area contributed by atoms with E-state index in [1.54, 1.807) is 0 Å². The van der Waals surface area contributed by atoms with Crippen LogP contribution in [0.5, 0.6) is 5.75 Å². The molecule has 1 unspecified atom stereocenters. The molecule has 1 fully saturated rings. The van der Waals surface area contributed by atoms with Gasteiger partial charge in [0.15, 0.2) is 12.6 Å². The molecular weight excluding hydrogens is 390 g/mol. The molecule has 7 heteroatoms. The molecule has 0 bridgehead atoms. The SMILES string of the molecule is CCNC(=NCC(C(C)C)N1CCCCCC1)NCCc1ccc(OCC(N)=O)cc1. The van der Waals surface area contributed by atoms with E-state index in [-0.39, 0.29) is 6.61 Å². The zero-order chi connectivity index (χ0) is 22.5. The lowest BCUT2D eigenvalue weighted by Crippen LogP contribution is -2.44. The normalized spacial score (nSPS) is 16.6. The molecule has 0 spiro atoms. The molecular formula is C24H41N5O2. The van der Waals surface area contributed by atoms with Crippen molar-refractivity contribution in [1.82, 2.24) is 15.5 Å². The third kappa shape index (κ3) is 9.59. The van der Waals surface area contributed by atoms with Gasteiger partial charge in [-0.3, -0.25) is 14.7 Å². The van der Waals surface area contributed by atoms with Crippen molar-refractivity contribution in [2.75, 3.05) is 39.3 Å². The van der Waals surface area contributed by atoms with Crippen LogP contribution in [0.3, 0.4) is 0 Å². The average Bonchev–Trinajstić information content (AvgIpc) is 3.02. The Hall–Kier alpha value is -2.28. The van der Waals surface area contributed by atoms with Crippen LogP contribution in [-0.4, -0.2) is 62.1 Å². The Bertz CT molecular complexity index is 667. The summed E-state index contributed by atoms with van der Waals surface area (Å²) < 4.78 is 5.31. The van der Waals surface area contributed by atoms with E-state index in [2.05, 4.69) is 36.3 Å². The molecule has 0 aromatic heterocycles. The van der Waals surface area contributed by atoms with Gasteiger partial charge in [0.2, 0.25) is 0 Å². The average molecular weight is 432 g/mol. The number of nitrogens with zero attached hydrogens (tertiary/aromatic N) is 2. The maximum Gasteiger partial charge on any atom is 0.255 e. The number of nitrogens with one attached hydrogen (secondary N) is 2. The van der Waals surface area contributed by atoms with E-state index in [4.69, 9.17) is 15.5 Å². The molecule has 1 aromatic carbocycles. The van der Waals surface area contributed by atoms with Crippen molar-refractivity contribution in [3.8, 4) is 5.75 Å². The number of nitrogens with two attached hydrogens (primary N) is 1. The molecule has 0 saturated carbocycles. The number of amides is 1. The van der Waals surface area contributed by atoms with Crippen molar-refractivity contribution in [2.45, 2.75) is 58.9 Å². The Morgan fingerprint density at radius 2 is 1.81 bits per heavy atom. The molecule has 1 heterocycles. The van der Waals surface area contributed by atoms with Crippen molar-refractivity contribution in [1.29, 1.82) is 0 Å². The third-order valence-electron chi connectivity index (χ3n) is 5.67. The monoisotopic (exact) mass is 431 g/mol. The summed E-state index contributed by atoms with van der Waals surface area (Å²) in [6, 6.07) is 8.24. The maximum atomic E-state index is 10.8. The lowest BCUT2D eigenvalue weighted by atomic mass is 10.0. The first-order valence-corrected chi connectivity index (χ1v) is 11.8. The van der Waals surface area contributed by atoms with Crippen LogP contribution in [0.2, 0.25) is 0 Å². The Morgan fingerprint density at radius 1 is 1.13 bits per heavy atom. The van der Waals surface area contributed by atoms with Gasteiger partial charge in [-0.25, -0.2) is 0 Å². The fraction of sp³-hybridized carbons (Fsp3) is 0.667. The van der Waals surface area contributed by atoms with Gasteiger partial charge < -0.3 is 21.1 Å². The predicted octanol–water partition coefficient (Wildman–Crippen LogP) is 2.55. The van der Waals surface area contributed by atoms with Gasteiger partial charge in [0.05, 0.1) is 6.54 Å². The van der Waals surface area contributed by atoms with Gasteiger partial charge in [-0.15, -0.1) is 0 Å². The number of hydrogen-bond donors (Lipinski definition) is 3. The van der Waals surface area contributed by atoms with E-state index >= 15 is 0 Å². The number of benzene rings is 1. The highest BCUT2D eigenvalue weighted by molar-refractivity contribution is 5.79. The molecule has 1 saturated heterocycles. The van der Waals surface area contributed by atoms with E-state index in [1.165, 1.54) is 44.3 Å². The Labute approximate surface area is 187 Å². The number of hydrogen-bond acceptors (Lipinski definition) is 4. The number of guanidine groups is 1. The minimum Gasteiger partial charge on any atom is -0.484 e. The molecule has 4 N–H and O–H groups in total. The number of carbonyl (C=O) groups excluding carboxylic acids is 1. The number of ether oxygens (including phenoxy) is 1. The summed E-state index contributed by atoms with van der Waals surface area (Å²) >= 11 is 0. The molecule has 1 aromatic rings. The van der Waals surface area contributed by atoms with Crippen LogP contribution in [0.4, 0.5) is 0 Å². The first-order valence-electron chi connectivity index (χ1n) is 11.8. The molecule has 7 nitrogen and oxygen atoms in total. The second-order valence-corrected chi connectivity index (χ2v) is 8.56. The van der Waals surface area contributed by atoms with Crippen LogP contribution in [0.25, 0.3) is 0 Å². The zero-order valence-corrected chi connectivity index (χ0v) is 19.5. The molecule has 174 valence electrons. The number of rotatable bonds is 11. The molecule has 0 radical (unpaired) electrons. The highest BCUT2D eigenvalue weighted by Crippen LogP contribution is 2.18. The van der Waals surface area contributed by atoms with E-state index in [0.29, 0.717) is 17.7 Å². The molecule has 0 aliphatic carbocycles. The molecule has 1 atom stereocenters. The molecule has 1 aliphatic rings. The van der Waals surface area contributed by atoms with E-state index < -0.39 is 5.91 Å². The number of carbonyl (C=O) groups is 1. The quantitative estimate of drug-likeness (QED) is 0.370. The van der Waals surface area contributed by atoms with Crippen LogP contribution >= 0.6 is 0 Å². The van der Waals surface area contributed by atoms with E-state index in [1.807, 2.05) is 24.3 Å². The third-order valence-corrected chi connectivity index (χ3v) is 5.67. The number of likely N-dealkylation sites (tertiary alicyclic amines) is 1. The van der Waals surface area contributed by atoms with Gasteiger partial charge in [-0.1, -0.05) is 38.8 Å². The smallest absolute Gasteiger partial charge is 0.255 e. The Balaban J connectivity index is 1.86. The summed E-state index contributed by atoms with van der Waals surface area (Å²) in [5, 5.41) is 6.83. The van der Waals surface area contributed by atoms with E-state index in [9.17, 15) is 4.79 Å². The molecule has 2 rings (SSSR count). The predicted molar refractivity (Wildman–Crippen MR) is 127 cm³/mol. The Morgan fingerprint density at radius 3 is 2.39 bits per heavy atom. The number of aliphatic imine (C=N–C) groups is 1. The minimum atomic E-state index is -0.473. The second-order valence-electron chi connectivity index (χ2n) is 8.56. The van der Waals surface area contributed by atoms with Gasteiger partial charge >= 0.3 is 0 Å². The van der Waals surface area contributed by atoms with Crippen LogP contribution in [0.15, 0.2) is 29.3 Å². The lowest BCUT2D eigenvalue weighted by Gasteiger charge is -2.32. The van der Waals surface area contributed by atoms with Crippen LogP contribution < -0.4 is 21.1 Å². The van der Waals surface area contributed by atoms with Crippen molar-refractivity contribution < 1.29 is 9.53 Å². The molecule has 31 heavy (non-hydrogen) atoms. The van der Waals surface area contributed by atoms with Gasteiger partial charge in [-0.2, -0.15) is 0 Å². The van der Waals surface area contributed by atoms with Gasteiger partial charge in [0, 0.05) is 19.1 Å². The second kappa shape index (κ2) is 13.9. The Kier molecular flexibility index (Phi) is 11.2. The first kappa shape index (κ1) is 25.0. The fourth-order valence-electron chi connectivity index (χ4n) is 3.93. The maximum absolute atomic E-state index is 10.8. The van der Waals surface area contributed by atoms with Gasteiger partial charge in [0.25, 0.3) is 5.91 Å². The lowest BCUT2D eigenvalue weighted by molar-refractivity contribution is -0.119. The van der Waals surface area contributed by atoms with Crippen molar-refractivity contribution in [2.24, 2.45) is 16.6 Å². The van der Waals surface area contributed by atoms with Gasteiger partial charge in [0.1, 0.15) is 5.75 Å². The highest BCUT2D eigenvalue weighted by atomic mass is 16.5. The van der Waals surface area contributed by atoms with Crippen molar-refractivity contribution >= 4 is 11.9 Å². The molecule has 1 amide bonds. The summed E-state index contributed by atoms with van der Waals surface area (Å²) in [5.41, 5.74) is 6.30. The van der Waals surface area contributed by atoms with Crippen LogP contribution in [0.1, 0.15) is 52.0 Å². The minimum absolute atomic E-state index is 0.0990. The van der Waals surface area contributed by atoms with Crippen molar-refractivity contribution in [3.63, 3.8) is 0 Å².